The van der Waals surface area contributed by atoms with Gasteiger partial charge in [0.1, 0.15) is 11.2 Å². The topological polar surface area (TPSA) is 21.3 Å². The molecule has 0 atom stereocenters. The van der Waals surface area contributed by atoms with Gasteiger partial charge >= 0.3 is 0 Å². The summed E-state index contributed by atoms with van der Waals surface area (Å²) >= 11 is 0. The molecule has 11 aromatic rings. The van der Waals surface area contributed by atoms with Crippen molar-refractivity contribution in [2.24, 2.45) is 0 Å². The maximum absolute atomic E-state index is 6.48. The lowest BCUT2D eigenvalue weighted by molar-refractivity contribution is 0.669. The summed E-state index contributed by atoms with van der Waals surface area (Å²) in [6.07, 6.45) is 0. The second kappa shape index (κ2) is 14.0. The van der Waals surface area contributed by atoms with Crippen LogP contribution in [-0.4, -0.2) is 12.6 Å². The van der Waals surface area contributed by atoms with Gasteiger partial charge in [0.15, 0.2) is 8.07 Å². The molecule has 0 saturated heterocycles. The van der Waals surface area contributed by atoms with Crippen molar-refractivity contribution in [3.05, 3.63) is 231 Å². The third-order valence-electron chi connectivity index (χ3n) is 11.7. The number of fused-ring (bicyclic) bond motifs is 6. The summed E-state index contributed by atoms with van der Waals surface area (Å²) in [6.45, 7) is 0. The SMILES string of the molecule is c1ccc(-n2c3ccccc3c3cc(N(c4ccc([Si](c5ccccc5)(c5ccccc5)c5ccccc5)cc4)c4ccc5c(c4)oc4ccccc45)ccc32)cc1. The van der Waals surface area contributed by atoms with Crippen LogP contribution in [0.25, 0.3) is 49.4 Å². The van der Waals surface area contributed by atoms with Gasteiger partial charge in [-0.1, -0.05) is 158 Å². The quantitative estimate of drug-likeness (QED) is 0.114. The summed E-state index contributed by atoms with van der Waals surface area (Å²) in [5, 5.41) is 10.0. The van der Waals surface area contributed by atoms with Crippen molar-refractivity contribution in [1.29, 1.82) is 0 Å². The number of rotatable bonds is 8. The normalized spacial score (nSPS) is 11.8. The molecule has 58 heavy (non-hydrogen) atoms. The Bertz CT molecular complexity index is 3110. The maximum atomic E-state index is 6.48. The fourth-order valence-corrected chi connectivity index (χ4v) is 13.9. The van der Waals surface area contributed by atoms with Gasteiger partial charge in [-0.3, -0.25) is 0 Å². The van der Waals surface area contributed by atoms with E-state index in [0.717, 1.165) is 44.7 Å². The summed E-state index contributed by atoms with van der Waals surface area (Å²) in [5.74, 6) is 0. The Morgan fingerprint density at radius 2 is 0.793 bits per heavy atom. The highest BCUT2D eigenvalue weighted by Gasteiger charge is 2.41. The van der Waals surface area contributed by atoms with Crippen molar-refractivity contribution in [2.45, 2.75) is 0 Å². The number of hydrogen-bond donors (Lipinski definition) is 0. The molecule has 0 bridgehead atoms. The molecule has 0 saturated carbocycles. The Hall–Kier alpha value is -7.40. The van der Waals surface area contributed by atoms with Crippen LogP contribution in [-0.2, 0) is 0 Å². The average Bonchev–Trinajstić information content (AvgIpc) is 3.84. The minimum atomic E-state index is -2.70. The predicted octanol–water partition coefficient (Wildman–Crippen LogP) is 11.5. The van der Waals surface area contributed by atoms with Crippen molar-refractivity contribution in [3.8, 4) is 5.69 Å². The second-order valence-corrected chi connectivity index (χ2v) is 18.7. The number of nitrogens with zero attached hydrogens (tertiary/aromatic N) is 2. The molecule has 2 heterocycles. The van der Waals surface area contributed by atoms with Crippen LogP contribution in [0.4, 0.5) is 17.1 Å². The molecule has 2 aromatic heterocycles. The number of benzene rings is 9. The number of anilines is 3. The molecule has 3 nitrogen and oxygen atoms in total. The van der Waals surface area contributed by atoms with Crippen LogP contribution in [0.5, 0.6) is 0 Å². The van der Waals surface area contributed by atoms with Gasteiger partial charge in [0.25, 0.3) is 0 Å². The van der Waals surface area contributed by atoms with E-state index in [1.54, 1.807) is 0 Å². The molecule has 9 aromatic carbocycles. The van der Waals surface area contributed by atoms with E-state index in [9.17, 15) is 0 Å². The van der Waals surface area contributed by atoms with Gasteiger partial charge in [0, 0.05) is 50.4 Å². The number of para-hydroxylation sites is 3. The molecule has 0 aliphatic heterocycles. The van der Waals surface area contributed by atoms with Gasteiger partial charge in [0.2, 0.25) is 0 Å². The van der Waals surface area contributed by atoms with Crippen LogP contribution in [0.15, 0.2) is 235 Å². The summed E-state index contributed by atoms with van der Waals surface area (Å²) in [4.78, 5) is 2.38. The summed E-state index contributed by atoms with van der Waals surface area (Å²) in [7, 11) is -2.70. The molecule has 0 amide bonds. The van der Waals surface area contributed by atoms with Gasteiger partial charge in [-0.05, 0) is 87.5 Å². The van der Waals surface area contributed by atoms with Crippen molar-refractivity contribution < 1.29 is 4.42 Å². The molecule has 0 N–H and O–H groups in total. The van der Waals surface area contributed by atoms with E-state index in [0.29, 0.717) is 0 Å². The Morgan fingerprint density at radius 1 is 0.328 bits per heavy atom. The molecule has 0 fully saturated rings. The fraction of sp³-hybridized carbons (Fsp3) is 0. The minimum Gasteiger partial charge on any atom is -0.456 e. The second-order valence-electron chi connectivity index (χ2n) is 14.9. The van der Waals surface area contributed by atoms with Gasteiger partial charge in [-0.2, -0.15) is 0 Å². The zero-order chi connectivity index (χ0) is 38.5. The first kappa shape index (κ1) is 33.9. The monoisotopic (exact) mass is 758 g/mol. The first-order valence-electron chi connectivity index (χ1n) is 19.8. The van der Waals surface area contributed by atoms with Crippen LogP contribution >= 0.6 is 0 Å². The molecular weight excluding hydrogens is 721 g/mol. The molecule has 0 unspecified atom stereocenters. The highest BCUT2D eigenvalue weighted by Crippen LogP contribution is 2.41. The van der Waals surface area contributed by atoms with E-state index in [1.807, 2.05) is 12.1 Å². The van der Waals surface area contributed by atoms with Crippen LogP contribution in [0.1, 0.15) is 0 Å². The Morgan fingerprint density at radius 3 is 1.45 bits per heavy atom. The minimum absolute atomic E-state index is 0.866. The van der Waals surface area contributed by atoms with Crippen LogP contribution in [0.3, 0.4) is 0 Å². The molecule has 274 valence electrons. The average molecular weight is 759 g/mol. The van der Waals surface area contributed by atoms with Crippen molar-refractivity contribution in [2.75, 3.05) is 4.90 Å². The predicted molar refractivity (Wildman–Crippen MR) is 246 cm³/mol. The van der Waals surface area contributed by atoms with E-state index < -0.39 is 8.07 Å². The zero-order valence-corrected chi connectivity index (χ0v) is 32.7. The van der Waals surface area contributed by atoms with E-state index in [2.05, 4.69) is 228 Å². The van der Waals surface area contributed by atoms with Crippen LogP contribution in [0, 0.1) is 0 Å². The van der Waals surface area contributed by atoms with Crippen LogP contribution < -0.4 is 25.6 Å². The molecule has 0 spiro atoms. The summed E-state index contributed by atoms with van der Waals surface area (Å²) in [6, 6.07) is 83.9. The first-order valence-corrected chi connectivity index (χ1v) is 21.8. The fourth-order valence-electron chi connectivity index (χ4n) is 9.18. The highest BCUT2D eigenvalue weighted by atomic mass is 28.3. The van der Waals surface area contributed by atoms with Gasteiger partial charge < -0.3 is 13.9 Å². The Balaban J connectivity index is 1.13. The van der Waals surface area contributed by atoms with E-state index in [1.165, 1.54) is 42.6 Å². The van der Waals surface area contributed by atoms with E-state index >= 15 is 0 Å². The smallest absolute Gasteiger partial charge is 0.179 e. The maximum Gasteiger partial charge on any atom is 0.179 e. The van der Waals surface area contributed by atoms with Gasteiger partial charge in [-0.15, -0.1) is 0 Å². The van der Waals surface area contributed by atoms with Crippen LogP contribution in [0.2, 0.25) is 0 Å². The first-order chi connectivity index (χ1) is 28.8. The molecule has 11 rings (SSSR count). The largest absolute Gasteiger partial charge is 0.456 e. The molecule has 4 heteroatoms. The highest BCUT2D eigenvalue weighted by molar-refractivity contribution is 7.19. The molecular formula is C54H38N2OSi. The summed E-state index contributed by atoms with van der Waals surface area (Å²) in [5.41, 5.74) is 8.44. The lowest BCUT2D eigenvalue weighted by Crippen LogP contribution is -2.74. The number of aromatic nitrogens is 1. The molecule has 0 aliphatic rings. The van der Waals surface area contributed by atoms with Crippen molar-refractivity contribution in [3.63, 3.8) is 0 Å². The van der Waals surface area contributed by atoms with E-state index in [-0.39, 0.29) is 0 Å². The molecule has 0 aliphatic carbocycles. The van der Waals surface area contributed by atoms with Gasteiger partial charge in [-0.25, -0.2) is 0 Å². The van der Waals surface area contributed by atoms with Gasteiger partial charge in [0.05, 0.1) is 11.0 Å². The third kappa shape index (κ3) is 5.41. The van der Waals surface area contributed by atoms with Crippen molar-refractivity contribution in [1.82, 2.24) is 4.57 Å². The zero-order valence-electron chi connectivity index (χ0n) is 31.7. The van der Waals surface area contributed by atoms with E-state index in [4.69, 9.17) is 4.42 Å². The Labute approximate surface area is 338 Å². The molecule has 0 radical (unpaired) electrons. The lowest BCUT2D eigenvalue weighted by Gasteiger charge is -2.35. The lowest BCUT2D eigenvalue weighted by atomic mass is 10.1. The summed E-state index contributed by atoms with van der Waals surface area (Å²) < 4.78 is 8.85. The standard InChI is InChI=1S/C54H38N2OSi/c1-5-17-39(18-6-1)56-51-27-15-13-25-47(51)50-37-41(32-36-52(50)56)55(42-31-35-49-48-26-14-16-28-53(48)57-54(49)38-42)40-29-33-46(34-30-40)58(43-19-7-2-8-20-43,44-21-9-3-10-22-44)45-23-11-4-12-24-45/h1-38H. The number of hydrogen-bond acceptors (Lipinski definition) is 2. The number of furan rings is 1. The van der Waals surface area contributed by atoms with Crippen molar-refractivity contribution >= 4 is 89.6 Å². The Kier molecular flexibility index (Phi) is 8.16. The third-order valence-corrected chi connectivity index (χ3v) is 16.5.